The van der Waals surface area contributed by atoms with Gasteiger partial charge in [0.15, 0.2) is 0 Å². The lowest BCUT2D eigenvalue weighted by molar-refractivity contribution is 0.0527. The van der Waals surface area contributed by atoms with Gasteiger partial charge in [-0.05, 0) is 32.0 Å². The summed E-state index contributed by atoms with van der Waals surface area (Å²) in [6, 6.07) is 14.2. The molecule has 5 heteroatoms. The average molecular weight is 342 g/mol. The van der Waals surface area contributed by atoms with Gasteiger partial charge in [-0.25, -0.2) is 4.79 Å². The van der Waals surface area contributed by atoms with Crippen LogP contribution < -0.4 is 5.56 Å². The molecular formula is C19H16ClNO3. The molecule has 0 unspecified atom stereocenters. The number of esters is 1. The Morgan fingerprint density at radius 2 is 1.83 bits per heavy atom. The molecule has 3 aromatic rings. The van der Waals surface area contributed by atoms with Crippen LogP contribution in [-0.4, -0.2) is 17.1 Å². The summed E-state index contributed by atoms with van der Waals surface area (Å²) in [5, 5.41) is 1.14. The molecule has 0 N–H and O–H groups in total. The van der Waals surface area contributed by atoms with Crippen molar-refractivity contribution in [2.75, 3.05) is 6.61 Å². The molecular weight excluding hydrogens is 326 g/mol. The largest absolute Gasteiger partial charge is 0.462 e. The third-order valence-electron chi connectivity index (χ3n) is 3.89. The van der Waals surface area contributed by atoms with E-state index >= 15 is 0 Å². The maximum Gasteiger partial charge on any atom is 0.340 e. The number of carbonyl (C=O) groups is 1. The molecule has 0 aliphatic heterocycles. The second kappa shape index (κ2) is 6.49. The van der Waals surface area contributed by atoms with Gasteiger partial charge >= 0.3 is 5.97 Å². The number of benzene rings is 2. The zero-order valence-electron chi connectivity index (χ0n) is 13.4. The molecule has 0 saturated heterocycles. The maximum atomic E-state index is 13.0. The molecule has 1 heterocycles. The van der Waals surface area contributed by atoms with E-state index in [0.29, 0.717) is 32.7 Å². The molecule has 3 rings (SSSR count). The van der Waals surface area contributed by atoms with Crippen molar-refractivity contribution in [1.29, 1.82) is 0 Å². The van der Waals surface area contributed by atoms with Gasteiger partial charge in [0.1, 0.15) is 0 Å². The van der Waals surface area contributed by atoms with Crippen molar-refractivity contribution in [3.8, 4) is 5.69 Å². The van der Waals surface area contributed by atoms with Crippen LogP contribution in [0.5, 0.6) is 0 Å². The van der Waals surface area contributed by atoms with Crippen LogP contribution in [0.2, 0.25) is 5.02 Å². The predicted molar refractivity (Wildman–Crippen MR) is 95.2 cm³/mol. The summed E-state index contributed by atoms with van der Waals surface area (Å²) in [5.74, 6) is -0.466. The minimum Gasteiger partial charge on any atom is -0.462 e. The van der Waals surface area contributed by atoms with E-state index in [0.717, 1.165) is 0 Å². The minimum atomic E-state index is -0.466. The zero-order chi connectivity index (χ0) is 17.3. The van der Waals surface area contributed by atoms with Crippen LogP contribution in [0.15, 0.2) is 53.3 Å². The molecule has 24 heavy (non-hydrogen) atoms. The van der Waals surface area contributed by atoms with Crippen LogP contribution >= 0.6 is 11.6 Å². The molecule has 1 aromatic heterocycles. The monoisotopic (exact) mass is 341 g/mol. The van der Waals surface area contributed by atoms with Crippen LogP contribution in [0.3, 0.4) is 0 Å². The summed E-state index contributed by atoms with van der Waals surface area (Å²) >= 11 is 6.26. The van der Waals surface area contributed by atoms with Crippen molar-refractivity contribution < 1.29 is 9.53 Å². The van der Waals surface area contributed by atoms with Crippen molar-refractivity contribution in [3.63, 3.8) is 0 Å². The summed E-state index contributed by atoms with van der Waals surface area (Å²) in [6.45, 7) is 3.74. The van der Waals surface area contributed by atoms with Gasteiger partial charge in [-0.3, -0.25) is 9.36 Å². The molecule has 2 aromatic carbocycles. The molecule has 0 aliphatic rings. The molecule has 0 fully saturated rings. The second-order valence-electron chi connectivity index (χ2n) is 5.32. The highest BCUT2D eigenvalue weighted by Crippen LogP contribution is 2.27. The summed E-state index contributed by atoms with van der Waals surface area (Å²) in [7, 11) is 0. The highest BCUT2D eigenvalue weighted by atomic mass is 35.5. The van der Waals surface area contributed by atoms with Crippen molar-refractivity contribution in [2.45, 2.75) is 13.8 Å². The van der Waals surface area contributed by atoms with Crippen molar-refractivity contribution >= 4 is 28.3 Å². The van der Waals surface area contributed by atoms with E-state index in [-0.39, 0.29) is 12.2 Å². The van der Waals surface area contributed by atoms with E-state index in [1.807, 2.05) is 30.3 Å². The van der Waals surface area contributed by atoms with Crippen LogP contribution in [0.1, 0.15) is 23.0 Å². The standard InChI is InChI=1S/C19H16ClNO3/c1-3-24-19(23)16-12(2)21(13-8-5-4-6-9-13)18(22)17-14(16)10-7-11-15(17)20/h4-11H,3H2,1-2H3. The fourth-order valence-corrected chi connectivity index (χ4v) is 3.12. The molecule has 0 radical (unpaired) electrons. The molecule has 0 amide bonds. The average Bonchev–Trinajstić information content (AvgIpc) is 2.56. The first-order valence-corrected chi connectivity index (χ1v) is 8.00. The molecule has 0 aliphatic carbocycles. The summed E-state index contributed by atoms with van der Waals surface area (Å²) in [5.41, 5.74) is 1.30. The smallest absolute Gasteiger partial charge is 0.340 e. The summed E-state index contributed by atoms with van der Waals surface area (Å²) < 4.78 is 6.69. The predicted octanol–water partition coefficient (Wildman–Crippen LogP) is 4.13. The Morgan fingerprint density at radius 1 is 1.12 bits per heavy atom. The van der Waals surface area contributed by atoms with Gasteiger partial charge in [0, 0.05) is 16.8 Å². The Balaban J connectivity index is 2.48. The van der Waals surface area contributed by atoms with E-state index < -0.39 is 5.97 Å². The number of pyridine rings is 1. The van der Waals surface area contributed by atoms with Crippen LogP contribution in [0.4, 0.5) is 0 Å². The number of nitrogens with zero attached hydrogens (tertiary/aromatic N) is 1. The second-order valence-corrected chi connectivity index (χ2v) is 5.73. The van der Waals surface area contributed by atoms with E-state index in [1.165, 1.54) is 4.57 Å². The van der Waals surface area contributed by atoms with Crippen molar-refractivity contribution in [3.05, 3.63) is 75.2 Å². The topological polar surface area (TPSA) is 48.3 Å². The molecule has 0 atom stereocenters. The van der Waals surface area contributed by atoms with E-state index in [2.05, 4.69) is 0 Å². The lowest BCUT2D eigenvalue weighted by Crippen LogP contribution is -2.25. The van der Waals surface area contributed by atoms with Gasteiger partial charge in [0.05, 0.1) is 22.6 Å². The number of fused-ring (bicyclic) bond motifs is 1. The Bertz CT molecular complexity index is 977. The molecule has 0 spiro atoms. The SMILES string of the molecule is CCOC(=O)c1c(C)n(-c2ccccc2)c(=O)c2c(Cl)cccc12. The Labute approximate surface area is 144 Å². The first-order chi connectivity index (χ1) is 11.6. The van der Waals surface area contributed by atoms with Crippen molar-refractivity contribution in [1.82, 2.24) is 4.57 Å². The summed E-state index contributed by atoms with van der Waals surface area (Å²) in [4.78, 5) is 25.5. The molecule has 0 saturated carbocycles. The number of carbonyl (C=O) groups excluding carboxylic acids is 1. The fraction of sp³-hybridized carbons (Fsp3) is 0.158. The highest BCUT2D eigenvalue weighted by Gasteiger charge is 2.22. The molecule has 4 nitrogen and oxygen atoms in total. The van der Waals surface area contributed by atoms with Crippen LogP contribution in [0, 0.1) is 6.92 Å². The Hall–Kier alpha value is -2.59. The van der Waals surface area contributed by atoms with Crippen molar-refractivity contribution in [2.24, 2.45) is 0 Å². The van der Waals surface area contributed by atoms with Gasteiger partial charge in [-0.15, -0.1) is 0 Å². The van der Waals surface area contributed by atoms with Gasteiger partial charge in [0.2, 0.25) is 0 Å². The first kappa shape index (κ1) is 16.3. The quantitative estimate of drug-likeness (QED) is 0.673. The number of ether oxygens (including phenoxy) is 1. The lowest BCUT2D eigenvalue weighted by Gasteiger charge is -2.17. The summed E-state index contributed by atoms with van der Waals surface area (Å²) in [6.07, 6.45) is 0. The van der Waals surface area contributed by atoms with E-state index in [9.17, 15) is 9.59 Å². The fourth-order valence-electron chi connectivity index (χ4n) is 2.87. The molecule has 122 valence electrons. The third-order valence-corrected chi connectivity index (χ3v) is 4.21. The van der Waals surface area contributed by atoms with Gasteiger partial charge < -0.3 is 4.74 Å². The number of rotatable bonds is 3. The number of aromatic nitrogens is 1. The van der Waals surface area contributed by atoms with E-state index in [1.54, 1.807) is 32.0 Å². The molecule has 0 bridgehead atoms. The zero-order valence-corrected chi connectivity index (χ0v) is 14.1. The Morgan fingerprint density at radius 3 is 2.50 bits per heavy atom. The highest BCUT2D eigenvalue weighted by molar-refractivity contribution is 6.35. The number of hydrogen-bond donors (Lipinski definition) is 0. The number of hydrogen-bond acceptors (Lipinski definition) is 3. The van der Waals surface area contributed by atoms with Crippen LogP contribution in [-0.2, 0) is 4.74 Å². The van der Waals surface area contributed by atoms with E-state index in [4.69, 9.17) is 16.3 Å². The van der Waals surface area contributed by atoms with Gasteiger partial charge in [-0.1, -0.05) is 41.9 Å². The number of para-hydroxylation sites is 1. The first-order valence-electron chi connectivity index (χ1n) is 7.62. The van der Waals surface area contributed by atoms with Gasteiger partial charge in [0.25, 0.3) is 5.56 Å². The normalized spacial score (nSPS) is 10.8. The maximum absolute atomic E-state index is 13.0. The Kier molecular flexibility index (Phi) is 4.40. The minimum absolute atomic E-state index is 0.255. The van der Waals surface area contributed by atoms with Gasteiger partial charge in [-0.2, -0.15) is 0 Å². The number of halogens is 1. The third kappa shape index (κ3) is 2.59. The van der Waals surface area contributed by atoms with Crippen LogP contribution in [0.25, 0.3) is 16.5 Å². The lowest BCUT2D eigenvalue weighted by atomic mass is 10.0.